The number of hydrogen-bond donors (Lipinski definition) is 3. The van der Waals surface area contributed by atoms with E-state index in [4.69, 9.17) is 0 Å². The number of nitrogens with one attached hydrogen (secondary N) is 3. The fraction of sp³-hybridized carbons (Fsp3) is 0.111. The molecule has 0 spiro atoms. The quantitative estimate of drug-likeness (QED) is 0.355. The van der Waals surface area contributed by atoms with Gasteiger partial charge in [-0.1, -0.05) is 18.2 Å². The van der Waals surface area contributed by atoms with Crippen LogP contribution in [0, 0.1) is 10.1 Å². The molecule has 27 heavy (non-hydrogen) atoms. The summed E-state index contributed by atoms with van der Waals surface area (Å²) in [6.07, 6.45) is 1.58. The van der Waals surface area contributed by atoms with E-state index in [1.807, 2.05) is 24.3 Å². The highest BCUT2D eigenvalue weighted by molar-refractivity contribution is 8.00. The third-order valence-corrected chi connectivity index (χ3v) is 4.97. The van der Waals surface area contributed by atoms with Crippen LogP contribution in [0.4, 0.5) is 5.69 Å². The van der Waals surface area contributed by atoms with E-state index in [0.717, 1.165) is 10.9 Å². The van der Waals surface area contributed by atoms with Crippen LogP contribution >= 0.6 is 11.8 Å². The molecule has 0 saturated heterocycles. The van der Waals surface area contributed by atoms with Crippen molar-refractivity contribution in [3.63, 3.8) is 0 Å². The number of amides is 2. The van der Waals surface area contributed by atoms with E-state index in [-0.39, 0.29) is 11.6 Å². The van der Waals surface area contributed by atoms with Crippen LogP contribution in [0.3, 0.4) is 0 Å². The minimum atomic E-state index is -0.505. The number of nitrogens with zero attached hydrogens (tertiary/aromatic N) is 1. The SMILES string of the molecule is CC(Sc1ccc([N+](=O)[O-])cc1)C(=O)NNC(=O)c1c[nH]c2ccccc12. The van der Waals surface area contributed by atoms with Crippen LogP contribution in [-0.2, 0) is 4.79 Å². The number of H-pyrrole nitrogens is 1. The minimum absolute atomic E-state index is 0.0116. The van der Waals surface area contributed by atoms with Crippen molar-refractivity contribution in [1.29, 1.82) is 0 Å². The molecule has 3 N–H and O–H groups in total. The van der Waals surface area contributed by atoms with Crippen molar-refractivity contribution in [2.24, 2.45) is 0 Å². The summed E-state index contributed by atoms with van der Waals surface area (Å²) in [6.45, 7) is 1.68. The predicted octanol–water partition coefficient (Wildman–Crippen LogP) is 3.02. The lowest BCUT2D eigenvalue weighted by Crippen LogP contribution is -2.44. The summed E-state index contributed by atoms with van der Waals surface area (Å²) in [5.41, 5.74) is 6.06. The Morgan fingerprint density at radius 2 is 1.81 bits per heavy atom. The lowest BCUT2D eigenvalue weighted by molar-refractivity contribution is -0.384. The molecule has 1 unspecified atom stereocenters. The number of carbonyl (C=O) groups is 2. The zero-order valence-corrected chi connectivity index (χ0v) is 15.1. The zero-order valence-electron chi connectivity index (χ0n) is 14.3. The number of carbonyl (C=O) groups excluding carboxylic acids is 2. The third-order valence-electron chi connectivity index (χ3n) is 3.86. The average molecular weight is 384 g/mol. The average Bonchev–Trinajstić information content (AvgIpc) is 3.10. The number of fused-ring (bicyclic) bond motifs is 1. The number of hydrogen-bond acceptors (Lipinski definition) is 5. The number of thioether (sulfide) groups is 1. The van der Waals surface area contributed by atoms with E-state index in [0.29, 0.717) is 10.5 Å². The number of non-ortho nitro benzene ring substituents is 1. The number of nitro benzene ring substituents is 1. The maximum Gasteiger partial charge on any atom is 0.271 e. The largest absolute Gasteiger partial charge is 0.360 e. The molecule has 2 aromatic carbocycles. The molecule has 1 heterocycles. The Labute approximate surface area is 158 Å². The second-order valence-corrected chi connectivity index (χ2v) is 7.12. The minimum Gasteiger partial charge on any atom is -0.360 e. The molecule has 9 heteroatoms. The summed E-state index contributed by atoms with van der Waals surface area (Å²) in [7, 11) is 0. The molecule has 1 aromatic heterocycles. The molecule has 0 bridgehead atoms. The van der Waals surface area contributed by atoms with Gasteiger partial charge in [-0.25, -0.2) is 0 Å². The van der Waals surface area contributed by atoms with E-state index >= 15 is 0 Å². The summed E-state index contributed by atoms with van der Waals surface area (Å²) < 4.78 is 0. The highest BCUT2D eigenvalue weighted by Gasteiger charge is 2.17. The smallest absolute Gasteiger partial charge is 0.271 e. The lowest BCUT2D eigenvalue weighted by atomic mass is 10.2. The molecule has 0 aliphatic rings. The molecular weight excluding hydrogens is 368 g/mol. The molecular formula is C18H16N4O4S. The van der Waals surface area contributed by atoms with E-state index in [2.05, 4.69) is 15.8 Å². The molecule has 1 atom stereocenters. The van der Waals surface area contributed by atoms with Gasteiger partial charge >= 0.3 is 0 Å². The predicted molar refractivity (Wildman–Crippen MR) is 102 cm³/mol. The van der Waals surface area contributed by atoms with E-state index in [1.54, 1.807) is 25.3 Å². The molecule has 3 aromatic rings. The number of benzene rings is 2. The van der Waals surface area contributed by atoms with Crippen LogP contribution in [0.2, 0.25) is 0 Å². The summed E-state index contributed by atoms with van der Waals surface area (Å²) >= 11 is 1.23. The first-order valence-corrected chi connectivity index (χ1v) is 8.91. The number of rotatable bonds is 5. The lowest BCUT2D eigenvalue weighted by Gasteiger charge is -2.12. The van der Waals surface area contributed by atoms with Gasteiger partial charge in [0, 0.05) is 34.1 Å². The van der Waals surface area contributed by atoms with Crippen molar-refractivity contribution in [3.8, 4) is 0 Å². The first kappa shape index (κ1) is 18.5. The number of para-hydroxylation sites is 1. The van der Waals surface area contributed by atoms with Crippen molar-refractivity contribution < 1.29 is 14.5 Å². The molecule has 3 rings (SSSR count). The van der Waals surface area contributed by atoms with Crippen molar-refractivity contribution >= 4 is 40.2 Å². The standard InChI is InChI=1S/C18H16N4O4S/c1-11(27-13-8-6-12(7-9-13)22(25)26)17(23)20-21-18(24)15-10-19-16-5-3-2-4-14(15)16/h2-11,19H,1H3,(H,20,23)(H,21,24). The maximum atomic E-state index is 12.3. The van der Waals surface area contributed by atoms with Crippen LogP contribution < -0.4 is 10.9 Å². The van der Waals surface area contributed by atoms with Gasteiger partial charge in [0.25, 0.3) is 17.5 Å². The highest BCUT2D eigenvalue weighted by Crippen LogP contribution is 2.25. The Balaban J connectivity index is 1.56. The van der Waals surface area contributed by atoms with Crippen LogP contribution in [0.25, 0.3) is 10.9 Å². The van der Waals surface area contributed by atoms with Gasteiger partial charge in [0.2, 0.25) is 0 Å². The number of aromatic amines is 1. The summed E-state index contributed by atoms with van der Waals surface area (Å²) in [5, 5.41) is 10.9. The molecule has 8 nitrogen and oxygen atoms in total. The van der Waals surface area contributed by atoms with Gasteiger partial charge in [-0.05, 0) is 25.1 Å². The Hall–Kier alpha value is -3.33. The fourth-order valence-corrected chi connectivity index (χ4v) is 3.32. The normalized spacial score (nSPS) is 11.7. The zero-order chi connectivity index (χ0) is 19.4. The van der Waals surface area contributed by atoms with Crippen LogP contribution in [0.1, 0.15) is 17.3 Å². The Kier molecular flexibility index (Phi) is 5.41. The number of hydrazine groups is 1. The summed E-state index contributed by atoms with van der Waals surface area (Å²) in [4.78, 5) is 38.4. The van der Waals surface area contributed by atoms with Crippen molar-refractivity contribution in [2.75, 3.05) is 0 Å². The third kappa shape index (κ3) is 4.26. The first-order chi connectivity index (χ1) is 13.0. The van der Waals surface area contributed by atoms with Gasteiger partial charge < -0.3 is 4.98 Å². The molecule has 0 saturated carbocycles. The molecule has 0 aliphatic carbocycles. The van der Waals surface area contributed by atoms with Gasteiger partial charge in [0.05, 0.1) is 15.7 Å². The van der Waals surface area contributed by atoms with Crippen LogP contribution in [0.15, 0.2) is 59.6 Å². The van der Waals surface area contributed by atoms with Crippen LogP contribution in [-0.4, -0.2) is 27.0 Å². The Bertz CT molecular complexity index is 1000. The Morgan fingerprint density at radius 3 is 2.52 bits per heavy atom. The fourth-order valence-electron chi connectivity index (χ4n) is 2.45. The number of aromatic nitrogens is 1. The highest BCUT2D eigenvalue weighted by atomic mass is 32.2. The van der Waals surface area contributed by atoms with Gasteiger partial charge in [0.1, 0.15) is 0 Å². The summed E-state index contributed by atoms with van der Waals surface area (Å²) in [5.74, 6) is -0.806. The van der Waals surface area contributed by atoms with E-state index in [9.17, 15) is 19.7 Å². The number of nitro groups is 1. The van der Waals surface area contributed by atoms with Crippen LogP contribution in [0.5, 0.6) is 0 Å². The maximum absolute atomic E-state index is 12.3. The Morgan fingerprint density at radius 1 is 1.11 bits per heavy atom. The summed E-state index contributed by atoms with van der Waals surface area (Å²) in [6, 6.07) is 13.3. The van der Waals surface area contributed by atoms with Crippen molar-refractivity contribution in [2.45, 2.75) is 17.1 Å². The van der Waals surface area contributed by atoms with Crippen molar-refractivity contribution in [3.05, 3.63) is 70.4 Å². The van der Waals surface area contributed by atoms with Gasteiger partial charge in [-0.15, -0.1) is 11.8 Å². The molecule has 2 amide bonds. The topological polar surface area (TPSA) is 117 Å². The van der Waals surface area contributed by atoms with E-state index < -0.39 is 16.1 Å². The molecule has 138 valence electrons. The van der Waals surface area contributed by atoms with Gasteiger partial charge in [-0.3, -0.25) is 30.6 Å². The van der Waals surface area contributed by atoms with Crippen molar-refractivity contribution in [1.82, 2.24) is 15.8 Å². The molecule has 0 radical (unpaired) electrons. The monoisotopic (exact) mass is 384 g/mol. The van der Waals surface area contributed by atoms with Gasteiger partial charge in [-0.2, -0.15) is 0 Å². The second kappa shape index (κ2) is 7.92. The second-order valence-electron chi connectivity index (χ2n) is 5.70. The molecule has 0 fully saturated rings. The van der Waals surface area contributed by atoms with E-state index in [1.165, 1.54) is 23.9 Å². The first-order valence-electron chi connectivity index (χ1n) is 8.03. The van der Waals surface area contributed by atoms with Gasteiger partial charge in [0.15, 0.2) is 0 Å². The molecule has 0 aliphatic heterocycles.